The first-order chi connectivity index (χ1) is 14.3. The van der Waals surface area contributed by atoms with Crippen LogP contribution in [0.1, 0.15) is 31.7 Å². The van der Waals surface area contributed by atoms with Crippen molar-refractivity contribution in [2.75, 3.05) is 13.3 Å². The Hall–Kier alpha value is -2.14. The molecule has 1 fully saturated rings. The summed E-state index contributed by atoms with van der Waals surface area (Å²) in [4.78, 5) is 0.111. The van der Waals surface area contributed by atoms with Gasteiger partial charge in [-0.25, -0.2) is 21.6 Å². The topological polar surface area (TPSA) is 102 Å². The van der Waals surface area contributed by atoms with Crippen LogP contribution in [0.3, 0.4) is 0 Å². The smallest absolute Gasteiger partial charge is 0.243 e. The summed E-state index contributed by atoms with van der Waals surface area (Å²) in [6, 6.07) is 10.5. The van der Waals surface area contributed by atoms with Crippen molar-refractivity contribution in [2.45, 2.75) is 48.6 Å². The maximum Gasteiger partial charge on any atom is 0.243 e. The predicted molar refractivity (Wildman–Crippen MR) is 110 cm³/mol. The zero-order valence-corrected chi connectivity index (χ0v) is 18.2. The number of ether oxygens (including phenoxy) is 2. The van der Waals surface area contributed by atoms with E-state index in [0.29, 0.717) is 18.0 Å². The molecule has 2 heterocycles. The molecule has 2 aromatic rings. The van der Waals surface area contributed by atoms with Crippen molar-refractivity contribution in [1.82, 2.24) is 9.03 Å². The first-order valence-corrected chi connectivity index (χ1v) is 12.7. The van der Waals surface area contributed by atoms with Gasteiger partial charge in [0.05, 0.1) is 9.79 Å². The second-order valence-electron chi connectivity index (χ2n) is 7.44. The largest absolute Gasteiger partial charge is 0.454 e. The zero-order chi connectivity index (χ0) is 21.4. The van der Waals surface area contributed by atoms with E-state index < -0.39 is 20.0 Å². The molecule has 2 aliphatic rings. The van der Waals surface area contributed by atoms with Crippen molar-refractivity contribution in [3.8, 4) is 11.5 Å². The third kappa shape index (κ3) is 4.18. The molecule has 2 aromatic carbocycles. The van der Waals surface area contributed by atoms with Crippen LogP contribution in [0.25, 0.3) is 0 Å². The Balaban J connectivity index is 1.47. The van der Waals surface area contributed by atoms with Gasteiger partial charge in [-0.2, -0.15) is 4.31 Å². The van der Waals surface area contributed by atoms with E-state index in [1.54, 1.807) is 18.2 Å². The molecule has 1 N–H and O–H groups in total. The molecular formula is C20H24N2O6S2. The molecule has 0 saturated carbocycles. The van der Waals surface area contributed by atoms with E-state index in [4.69, 9.17) is 9.47 Å². The molecule has 0 radical (unpaired) electrons. The van der Waals surface area contributed by atoms with Crippen molar-refractivity contribution >= 4 is 20.0 Å². The van der Waals surface area contributed by atoms with Crippen LogP contribution in [0.4, 0.5) is 0 Å². The van der Waals surface area contributed by atoms with Crippen LogP contribution in [0.2, 0.25) is 0 Å². The second kappa shape index (κ2) is 8.18. The molecule has 1 atom stereocenters. The molecule has 0 bridgehead atoms. The van der Waals surface area contributed by atoms with E-state index in [9.17, 15) is 16.8 Å². The van der Waals surface area contributed by atoms with Gasteiger partial charge in [-0.15, -0.1) is 0 Å². The third-order valence-electron chi connectivity index (χ3n) is 5.39. The minimum absolute atomic E-state index is 0.00823. The molecule has 0 amide bonds. The molecule has 0 aliphatic carbocycles. The number of nitrogens with one attached hydrogen (secondary N) is 1. The molecule has 2 aliphatic heterocycles. The van der Waals surface area contributed by atoms with Crippen molar-refractivity contribution in [3.63, 3.8) is 0 Å². The van der Waals surface area contributed by atoms with E-state index in [1.165, 1.54) is 28.6 Å². The van der Waals surface area contributed by atoms with Crippen molar-refractivity contribution < 1.29 is 26.3 Å². The Morgan fingerprint density at radius 1 is 0.967 bits per heavy atom. The Morgan fingerprint density at radius 3 is 2.40 bits per heavy atom. The fraction of sp³-hybridized carbons (Fsp3) is 0.400. The van der Waals surface area contributed by atoms with Gasteiger partial charge in [0.15, 0.2) is 11.5 Å². The molecule has 30 heavy (non-hydrogen) atoms. The SMILES string of the molecule is CC1CCCCN1S(=O)(=O)c1ccc(S(=O)(=O)NCc2ccc3c(c2)OCO3)cc1. The summed E-state index contributed by atoms with van der Waals surface area (Å²) < 4.78 is 65.6. The average Bonchev–Trinajstić information content (AvgIpc) is 3.20. The van der Waals surface area contributed by atoms with Crippen LogP contribution < -0.4 is 14.2 Å². The van der Waals surface area contributed by atoms with Crippen molar-refractivity contribution in [1.29, 1.82) is 0 Å². The number of fused-ring (bicyclic) bond motifs is 1. The van der Waals surface area contributed by atoms with Gasteiger partial charge in [-0.3, -0.25) is 0 Å². The molecule has 8 nitrogen and oxygen atoms in total. The summed E-state index contributed by atoms with van der Waals surface area (Å²) in [5.74, 6) is 1.20. The summed E-state index contributed by atoms with van der Waals surface area (Å²) in [6.07, 6.45) is 2.68. The molecule has 1 unspecified atom stereocenters. The lowest BCUT2D eigenvalue weighted by Crippen LogP contribution is -2.41. The summed E-state index contributed by atoms with van der Waals surface area (Å²) in [6.45, 7) is 2.61. The molecule has 0 aromatic heterocycles. The average molecular weight is 453 g/mol. The monoisotopic (exact) mass is 452 g/mol. The van der Waals surface area contributed by atoms with Gasteiger partial charge in [-0.05, 0) is 61.7 Å². The molecular weight excluding hydrogens is 428 g/mol. The quantitative estimate of drug-likeness (QED) is 0.722. The Kier molecular flexibility index (Phi) is 5.75. The highest BCUT2D eigenvalue weighted by Gasteiger charge is 2.31. The lowest BCUT2D eigenvalue weighted by molar-refractivity contribution is 0.174. The van der Waals surface area contributed by atoms with Gasteiger partial charge >= 0.3 is 0 Å². The van der Waals surface area contributed by atoms with Gasteiger partial charge in [0.2, 0.25) is 26.8 Å². The van der Waals surface area contributed by atoms with Crippen molar-refractivity contribution in [3.05, 3.63) is 48.0 Å². The van der Waals surface area contributed by atoms with Gasteiger partial charge in [0.25, 0.3) is 0 Å². The van der Waals surface area contributed by atoms with Crippen molar-refractivity contribution in [2.24, 2.45) is 0 Å². The van der Waals surface area contributed by atoms with Crippen LogP contribution in [0.5, 0.6) is 11.5 Å². The number of benzene rings is 2. The fourth-order valence-electron chi connectivity index (χ4n) is 3.67. The summed E-state index contributed by atoms with van der Waals surface area (Å²) in [5.41, 5.74) is 0.723. The number of rotatable bonds is 6. The number of hydrogen-bond acceptors (Lipinski definition) is 6. The maximum atomic E-state index is 12.9. The summed E-state index contributed by atoms with van der Waals surface area (Å²) >= 11 is 0. The van der Waals surface area contributed by atoms with Gasteiger partial charge in [0, 0.05) is 19.1 Å². The highest BCUT2D eigenvalue weighted by molar-refractivity contribution is 7.89. The van der Waals surface area contributed by atoms with Gasteiger partial charge in [0.1, 0.15) is 0 Å². The molecule has 162 valence electrons. The Bertz CT molecular complexity index is 1130. The number of piperidine rings is 1. The predicted octanol–water partition coefficient (Wildman–Crippen LogP) is 2.46. The zero-order valence-electron chi connectivity index (χ0n) is 16.6. The normalized spacial score (nSPS) is 19.7. The standard InChI is InChI=1S/C20H24N2O6S2/c1-15-4-2-3-11-22(15)30(25,26)18-8-6-17(7-9-18)29(23,24)21-13-16-5-10-19-20(12-16)28-14-27-19/h5-10,12,15,21H,2-4,11,13-14H2,1H3. The van der Waals surface area contributed by atoms with E-state index in [2.05, 4.69) is 4.72 Å². The lowest BCUT2D eigenvalue weighted by Gasteiger charge is -2.32. The van der Waals surface area contributed by atoms with E-state index in [1.807, 2.05) is 6.92 Å². The number of hydrogen-bond donors (Lipinski definition) is 1. The molecule has 4 rings (SSSR count). The molecule has 0 spiro atoms. The van der Waals surface area contributed by atoms with E-state index in [-0.39, 0.29) is 29.2 Å². The van der Waals surface area contributed by atoms with E-state index in [0.717, 1.165) is 24.8 Å². The third-order valence-corrected chi connectivity index (χ3v) is 8.83. The van der Waals surface area contributed by atoms with Gasteiger partial charge in [-0.1, -0.05) is 12.5 Å². The highest BCUT2D eigenvalue weighted by atomic mass is 32.2. The number of sulfonamides is 2. The maximum absolute atomic E-state index is 12.9. The minimum atomic E-state index is -3.80. The van der Waals surface area contributed by atoms with Crippen LogP contribution >= 0.6 is 0 Å². The lowest BCUT2D eigenvalue weighted by atomic mass is 10.1. The number of nitrogens with zero attached hydrogens (tertiary/aromatic N) is 1. The highest BCUT2D eigenvalue weighted by Crippen LogP contribution is 2.32. The molecule has 1 saturated heterocycles. The van der Waals surface area contributed by atoms with Crippen LogP contribution in [0, 0.1) is 0 Å². The van der Waals surface area contributed by atoms with Crippen LogP contribution in [0.15, 0.2) is 52.3 Å². The first kappa shape index (κ1) is 21.1. The molecule has 10 heteroatoms. The fourth-order valence-corrected chi connectivity index (χ4v) is 6.38. The Morgan fingerprint density at radius 2 is 1.67 bits per heavy atom. The minimum Gasteiger partial charge on any atom is -0.454 e. The van der Waals surface area contributed by atoms with Crippen LogP contribution in [-0.2, 0) is 26.6 Å². The second-order valence-corrected chi connectivity index (χ2v) is 11.1. The van der Waals surface area contributed by atoms with E-state index >= 15 is 0 Å². The van der Waals surface area contributed by atoms with Gasteiger partial charge < -0.3 is 9.47 Å². The first-order valence-electron chi connectivity index (χ1n) is 9.77. The Labute approximate surface area is 176 Å². The summed E-state index contributed by atoms with van der Waals surface area (Å²) in [7, 11) is -7.44. The van der Waals surface area contributed by atoms with Crippen LogP contribution in [-0.4, -0.2) is 40.5 Å². The summed E-state index contributed by atoms with van der Waals surface area (Å²) in [5, 5.41) is 0.